The van der Waals surface area contributed by atoms with Crippen molar-refractivity contribution in [3.63, 3.8) is 0 Å². The first kappa shape index (κ1) is 19.3. The summed E-state index contributed by atoms with van der Waals surface area (Å²) in [6.07, 6.45) is 3.29. The standard InChI is InChI=1S/C20H15FN4O2S2/c21-15-7-5-13(6-8-15)18(16-4-2-10-28-16)23-17(26)12-29-20-25-24-19(27-20)14-3-1-9-22-11-14/h1-11,18H,12H2,(H,23,26). The van der Waals surface area contributed by atoms with Gasteiger partial charge in [0.15, 0.2) is 0 Å². The summed E-state index contributed by atoms with van der Waals surface area (Å²) in [5.41, 5.74) is 1.52. The molecule has 146 valence electrons. The summed E-state index contributed by atoms with van der Waals surface area (Å²) in [7, 11) is 0. The van der Waals surface area contributed by atoms with Crippen molar-refractivity contribution in [3.05, 3.63) is 82.6 Å². The van der Waals surface area contributed by atoms with Crippen LogP contribution in [0.15, 0.2) is 75.9 Å². The molecule has 1 atom stereocenters. The van der Waals surface area contributed by atoms with Crippen LogP contribution < -0.4 is 5.32 Å². The number of halogens is 1. The van der Waals surface area contributed by atoms with Crippen molar-refractivity contribution >= 4 is 29.0 Å². The van der Waals surface area contributed by atoms with Gasteiger partial charge in [-0.05, 0) is 41.3 Å². The summed E-state index contributed by atoms with van der Waals surface area (Å²) in [6.45, 7) is 0. The molecule has 0 aliphatic carbocycles. The third-order valence-corrected chi connectivity index (χ3v) is 5.73. The molecule has 9 heteroatoms. The predicted molar refractivity (Wildman–Crippen MR) is 109 cm³/mol. The number of nitrogens with zero attached hydrogens (tertiary/aromatic N) is 3. The smallest absolute Gasteiger partial charge is 0.277 e. The van der Waals surface area contributed by atoms with Crippen LogP contribution >= 0.6 is 23.1 Å². The zero-order chi connectivity index (χ0) is 20.1. The average Bonchev–Trinajstić information content (AvgIpc) is 3.44. The maximum absolute atomic E-state index is 13.3. The summed E-state index contributed by atoms with van der Waals surface area (Å²) < 4.78 is 18.8. The van der Waals surface area contributed by atoms with E-state index in [1.807, 2.05) is 23.6 Å². The summed E-state index contributed by atoms with van der Waals surface area (Å²) in [4.78, 5) is 17.5. The number of pyridine rings is 1. The number of amides is 1. The number of rotatable bonds is 7. The lowest BCUT2D eigenvalue weighted by molar-refractivity contribution is -0.119. The first-order valence-corrected chi connectivity index (χ1v) is 10.5. The van der Waals surface area contributed by atoms with Crippen molar-refractivity contribution in [2.45, 2.75) is 11.3 Å². The molecule has 6 nitrogen and oxygen atoms in total. The topological polar surface area (TPSA) is 80.9 Å². The molecule has 29 heavy (non-hydrogen) atoms. The fourth-order valence-electron chi connectivity index (χ4n) is 2.63. The highest BCUT2D eigenvalue weighted by Crippen LogP contribution is 2.27. The largest absolute Gasteiger partial charge is 0.411 e. The Balaban J connectivity index is 1.41. The number of thiophene rings is 1. The van der Waals surface area contributed by atoms with E-state index >= 15 is 0 Å². The van der Waals surface area contributed by atoms with Crippen molar-refractivity contribution in [1.29, 1.82) is 0 Å². The van der Waals surface area contributed by atoms with Crippen LogP contribution in [0.1, 0.15) is 16.5 Å². The molecule has 3 heterocycles. The first-order chi connectivity index (χ1) is 14.2. The molecule has 0 bridgehead atoms. The van der Waals surface area contributed by atoms with Crippen molar-refractivity contribution < 1.29 is 13.6 Å². The highest BCUT2D eigenvalue weighted by molar-refractivity contribution is 7.99. The maximum Gasteiger partial charge on any atom is 0.277 e. The van der Waals surface area contributed by atoms with Crippen molar-refractivity contribution in [3.8, 4) is 11.5 Å². The van der Waals surface area contributed by atoms with Crippen LogP contribution in [-0.4, -0.2) is 26.8 Å². The lowest BCUT2D eigenvalue weighted by Gasteiger charge is -2.18. The van der Waals surface area contributed by atoms with Gasteiger partial charge in [0, 0.05) is 17.3 Å². The van der Waals surface area contributed by atoms with Gasteiger partial charge in [-0.25, -0.2) is 4.39 Å². The van der Waals surface area contributed by atoms with Crippen LogP contribution in [0.3, 0.4) is 0 Å². The van der Waals surface area contributed by atoms with E-state index in [0.29, 0.717) is 16.7 Å². The van der Waals surface area contributed by atoms with Gasteiger partial charge < -0.3 is 9.73 Å². The Morgan fingerprint density at radius 2 is 2.03 bits per heavy atom. The quantitative estimate of drug-likeness (QED) is 0.443. The highest BCUT2D eigenvalue weighted by Gasteiger charge is 2.19. The van der Waals surface area contributed by atoms with Gasteiger partial charge in [0.25, 0.3) is 5.22 Å². The second-order valence-electron chi connectivity index (χ2n) is 5.97. The number of carbonyl (C=O) groups excluding carboxylic acids is 1. The number of aromatic nitrogens is 3. The number of benzene rings is 1. The Hall–Kier alpha value is -3.04. The Kier molecular flexibility index (Phi) is 5.97. The van der Waals surface area contributed by atoms with Gasteiger partial charge in [0.2, 0.25) is 11.8 Å². The zero-order valence-electron chi connectivity index (χ0n) is 15.0. The van der Waals surface area contributed by atoms with Crippen molar-refractivity contribution in [1.82, 2.24) is 20.5 Å². The number of thioether (sulfide) groups is 1. The maximum atomic E-state index is 13.3. The normalized spacial score (nSPS) is 11.9. The molecule has 0 saturated carbocycles. The van der Waals surface area contributed by atoms with E-state index in [4.69, 9.17) is 4.42 Å². The number of hydrogen-bond acceptors (Lipinski definition) is 7. The molecule has 1 unspecified atom stereocenters. The molecule has 0 spiro atoms. The molecule has 4 aromatic rings. The molecule has 1 amide bonds. The Morgan fingerprint density at radius 3 is 2.76 bits per heavy atom. The van der Waals surface area contributed by atoms with E-state index in [-0.39, 0.29) is 23.5 Å². The molecule has 0 aliphatic rings. The van der Waals surface area contributed by atoms with Crippen LogP contribution in [0, 0.1) is 5.82 Å². The summed E-state index contributed by atoms with van der Waals surface area (Å²) in [5, 5.41) is 13.2. The van der Waals surface area contributed by atoms with Crippen LogP contribution in [0.2, 0.25) is 0 Å². The van der Waals surface area contributed by atoms with Gasteiger partial charge in [-0.2, -0.15) is 0 Å². The van der Waals surface area contributed by atoms with Crippen molar-refractivity contribution in [2.75, 3.05) is 5.75 Å². The summed E-state index contributed by atoms with van der Waals surface area (Å²) in [5.74, 6) is -0.0541. The van der Waals surface area contributed by atoms with E-state index in [0.717, 1.165) is 22.2 Å². The number of carbonyl (C=O) groups is 1. The Bertz CT molecular complexity index is 1070. The monoisotopic (exact) mass is 426 g/mol. The SMILES string of the molecule is O=C(CSc1nnc(-c2cccnc2)o1)NC(c1ccc(F)cc1)c1cccs1. The lowest BCUT2D eigenvalue weighted by Crippen LogP contribution is -2.30. The Morgan fingerprint density at radius 1 is 1.17 bits per heavy atom. The molecule has 0 radical (unpaired) electrons. The van der Waals surface area contributed by atoms with Gasteiger partial charge in [0.05, 0.1) is 17.4 Å². The van der Waals surface area contributed by atoms with Crippen molar-refractivity contribution in [2.24, 2.45) is 0 Å². The molecular weight excluding hydrogens is 411 g/mol. The molecule has 0 aliphatic heterocycles. The van der Waals surface area contributed by atoms with Gasteiger partial charge in [0.1, 0.15) is 5.82 Å². The second-order valence-corrected chi connectivity index (χ2v) is 7.88. The number of nitrogens with one attached hydrogen (secondary N) is 1. The Labute approximate surface area is 174 Å². The van der Waals surface area contributed by atoms with E-state index in [2.05, 4.69) is 20.5 Å². The molecule has 1 N–H and O–H groups in total. The third-order valence-electron chi connectivity index (χ3n) is 3.98. The van der Waals surface area contributed by atoms with E-state index < -0.39 is 0 Å². The minimum Gasteiger partial charge on any atom is -0.411 e. The molecule has 0 saturated heterocycles. The third kappa shape index (κ3) is 4.87. The molecule has 1 aromatic carbocycles. The lowest BCUT2D eigenvalue weighted by atomic mass is 10.1. The van der Waals surface area contributed by atoms with Crippen LogP contribution in [0.5, 0.6) is 0 Å². The van der Waals surface area contributed by atoms with Gasteiger partial charge >= 0.3 is 0 Å². The van der Waals surface area contributed by atoms with Crippen LogP contribution in [0.25, 0.3) is 11.5 Å². The minimum absolute atomic E-state index is 0.109. The van der Waals surface area contributed by atoms with Gasteiger partial charge in [-0.1, -0.05) is 30.0 Å². The minimum atomic E-state index is -0.350. The molecular formula is C20H15FN4O2S2. The summed E-state index contributed by atoms with van der Waals surface area (Å²) in [6, 6.07) is 13.2. The zero-order valence-corrected chi connectivity index (χ0v) is 16.6. The fourth-order valence-corrected chi connectivity index (χ4v) is 4.01. The van der Waals surface area contributed by atoms with E-state index in [1.54, 1.807) is 30.6 Å². The van der Waals surface area contributed by atoms with E-state index in [9.17, 15) is 9.18 Å². The summed E-state index contributed by atoms with van der Waals surface area (Å²) >= 11 is 2.68. The van der Waals surface area contributed by atoms with E-state index in [1.165, 1.54) is 23.5 Å². The molecule has 0 fully saturated rings. The first-order valence-electron chi connectivity index (χ1n) is 8.64. The second kappa shape index (κ2) is 8.97. The fraction of sp³-hybridized carbons (Fsp3) is 0.100. The number of hydrogen-bond donors (Lipinski definition) is 1. The highest BCUT2D eigenvalue weighted by atomic mass is 32.2. The van der Waals surface area contributed by atoms with Crippen LogP contribution in [-0.2, 0) is 4.79 Å². The van der Waals surface area contributed by atoms with Gasteiger partial charge in [-0.3, -0.25) is 9.78 Å². The molecule has 4 rings (SSSR count). The average molecular weight is 426 g/mol. The van der Waals surface area contributed by atoms with Gasteiger partial charge in [-0.15, -0.1) is 21.5 Å². The molecule has 3 aromatic heterocycles. The predicted octanol–water partition coefficient (Wildman–Crippen LogP) is 4.33. The van der Waals surface area contributed by atoms with Crippen LogP contribution in [0.4, 0.5) is 4.39 Å².